The van der Waals surface area contributed by atoms with Crippen molar-refractivity contribution in [2.24, 2.45) is 0 Å². The van der Waals surface area contributed by atoms with Crippen molar-refractivity contribution >= 4 is 22.7 Å². The van der Waals surface area contributed by atoms with Crippen molar-refractivity contribution in [2.45, 2.75) is 5.79 Å². The van der Waals surface area contributed by atoms with E-state index in [1.54, 1.807) is 14.2 Å². The maximum absolute atomic E-state index is 9.85. The molecule has 0 spiro atoms. The van der Waals surface area contributed by atoms with Gasteiger partial charge < -0.3 is 28.7 Å². The molecular formula is C29H26N2O5. The molecule has 1 aromatic heterocycles. The van der Waals surface area contributed by atoms with Crippen LogP contribution >= 0.6 is 0 Å². The lowest BCUT2D eigenvalue weighted by molar-refractivity contribution is -0.142. The van der Waals surface area contributed by atoms with Crippen LogP contribution in [-0.2, 0) is 15.3 Å². The smallest absolute Gasteiger partial charge is 0.256 e. The Morgan fingerprint density at radius 2 is 1.69 bits per heavy atom. The van der Waals surface area contributed by atoms with Crippen molar-refractivity contribution in [3.8, 4) is 17.6 Å². The normalized spacial score (nSPS) is 15.0. The van der Waals surface area contributed by atoms with E-state index in [0.717, 1.165) is 22.2 Å². The van der Waals surface area contributed by atoms with E-state index < -0.39 is 5.79 Å². The Morgan fingerprint density at radius 3 is 2.33 bits per heavy atom. The Morgan fingerprint density at radius 1 is 1.00 bits per heavy atom. The lowest BCUT2D eigenvalue weighted by Crippen LogP contribution is -2.27. The highest BCUT2D eigenvalue weighted by Crippen LogP contribution is 2.46. The zero-order valence-corrected chi connectivity index (χ0v) is 20.1. The molecular weight excluding hydrogens is 456 g/mol. The third-order valence-corrected chi connectivity index (χ3v) is 6.09. The van der Waals surface area contributed by atoms with Crippen LogP contribution in [0.5, 0.6) is 11.5 Å². The highest BCUT2D eigenvalue weighted by molar-refractivity contribution is 5.95. The Balaban J connectivity index is 1.63. The minimum absolute atomic E-state index is 0.362. The second kappa shape index (κ2) is 10.2. The maximum Gasteiger partial charge on any atom is 0.256 e. The molecule has 7 heteroatoms. The molecule has 1 N–H and O–H groups in total. The monoisotopic (exact) mass is 482 g/mol. The molecule has 7 nitrogen and oxygen atoms in total. The summed E-state index contributed by atoms with van der Waals surface area (Å²) in [4.78, 5) is 0. The maximum atomic E-state index is 9.85. The SMILES string of the molecule is COc1cc(C=C(C#N)CNc2ccccc2)c2cc(C3(c4ccccc4)OCCO3)oc2c1OC. The van der Waals surface area contributed by atoms with E-state index in [1.807, 2.05) is 78.9 Å². The average molecular weight is 483 g/mol. The number of nitriles is 1. The molecule has 4 aromatic rings. The Hall–Kier alpha value is -4.25. The molecule has 182 valence electrons. The van der Waals surface area contributed by atoms with Crippen molar-refractivity contribution in [2.75, 3.05) is 39.3 Å². The van der Waals surface area contributed by atoms with Crippen LogP contribution in [0.3, 0.4) is 0 Å². The highest BCUT2D eigenvalue weighted by Gasteiger charge is 2.44. The van der Waals surface area contributed by atoms with E-state index >= 15 is 0 Å². The molecule has 36 heavy (non-hydrogen) atoms. The molecule has 0 aliphatic carbocycles. The minimum atomic E-state index is -1.17. The number of furan rings is 1. The number of ether oxygens (including phenoxy) is 4. The quantitative estimate of drug-likeness (QED) is 0.322. The van der Waals surface area contributed by atoms with E-state index in [9.17, 15) is 5.26 Å². The van der Waals surface area contributed by atoms with E-state index in [0.29, 0.717) is 48.2 Å². The Labute approximate surface area is 209 Å². The average Bonchev–Trinajstić information content (AvgIpc) is 3.61. The van der Waals surface area contributed by atoms with Crippen molar-refractivity contribution in [3.05, 3.63) is 95.3 Å². The predicted molar refractivity (Wildman–Crippen MR) is 137 cm³/mol. The summed E-state index contributed by atoms with van der Waals surface area (Å²) in [5.74, 6) is 0.265. The summed E-state index contributed by atoms with van der Waals surface area (Å²) < 4.78 is 29.9. The van der Waals surface area contributed by atoms with Gasteiger partial charge >= 0.3 is 0 Å². The fourth-order valence-electron chi connectivity index (χ4n) is 4.38. The summed E-state index contributed by atoms with van der Waals surface area (Å²) in [6, 6.07) is 25.5. The fraction of sp³-hybridized carbons (Fsp3) is 0.207. The first-order chi connectivity index (χ1) is 17.7. The second-order valence-electron chi connectivity index (χ2n) is 8.24. The van der Waals surface area contributed by atoms with Gasteiger partial charge in [0.25, 0.3) is 5.79 Å². The van der Waals surface area contributed by atoms with Crippen LogP contribution in [0, 0.1) is 11.3 Å². The van der Waals surface area contributed by atoms with Gasteiger partial charge in [-0.25, -0.2) is 0 Å². The van der Waals surface area contributed by atoms with E-state index in [-0.39, 0.29) is 0 Å². The van der Waals surface area contributed by atoms with Crippen molar-refractivity contribution in [1.82, 2.24) is 0 Å². The van der Waals surface area contributed by atoms with Gasteiger partial charge in [-0.05, 0) is 35.9 Å². The molecule has 5 rings (SSSR count). The van der Waals surface area contributed by atoms with Crippen LogP contribution in [0.2, 0.25) is 0 Å². The highest BCUT2D eigenvalue weighted by atomic mass is 16.7. The molecule has 0 radical (unpaired) electrons. The van der Waals surface area contributed by atoms with Crippen molar-refractivity contribution in [3.63, 3.8) is 0 Å². The number of benzene rings is 3. The van der Waals surface area contributed by atoms with Gasteiger partial charge in [0.15, 0.2) is 17.1 Å². The number of hydrogen-bond acceptors (Lipinski definition) is 7. The molecule has 0 unspecified atom stereocenters. The molecule has 0 atom stereocenters. The number of methoxy groups -OCH3 is 2. The number of anilines is 1. The van der Waals surface area contributed by atoms with Gasteiger partial charge in [0.2, 0.25) is 5.75 Å². The van der Waals surface area contributed by atoms with Crippen LogP contribution in [-0.4, -0.2) is 34.0 Å². The van der Waals surface area contributed by atoms with Gasteiger partial charge in [-0.3, -0.25) is 0 Å². The van der Waals surface area contributed by atoms with Gasteiger partial charge in [-0.2, -0.15) is 5.26 Å². The predicted octanol–water partition coefficient (Wildman–Crippen LogP) is 5.72. The molecule has 0 saturated carbocycles. The molecule has 1 fully saturated rings. The number of para-hydroxylation sites is 1. The summed E-state index contributed by atoms with van der Waals surface area (Å²) >= 11 is 0. The number of nitrogens with one attached hydrogen (secondary N) is 1. The van der Waals surface area contributed by atoms with E-state index in [4.69, 9.17) is 23.4 Å². The van der Waals surface area contributed by atoms with Crippen LogP contribution < -0.4 is 14.8 Å². The number of hydrogen-bond donors (Lipinski definition) is 1. The molecule has 1 saturated heterocycles. The zero-order valence-electron chi connectivity index (χ0n) is 20.1. The molecule has 1 aliphatic rings. The molecule has 3 aromatic carbocycles. The fourth-order valence-corrected chi connectivity index (χ4v) is 4.38. The second-order valence-corrected chi connectivity index (χ2v) is 8.24. The summed E-state index contributed by atoms with van der Waals surface area (Å²) in [7, 11) is 3.13. The molecule has 2 heterocycles. The minimum Gasteiger partial charge on any atom is -0.493 e. The van der Waals surface area contributed by atoms with E-state index in [2.05, 4.69) is 11.4 Å². The summed E-state index contributed by atoms with van der Waals surface area (Å²) in [5, 5.41) is 13.9. The lowest BCUT2D eigenvalue weighted by Gasteiger charge is -2.25. The van der Waals surface area contributed by atoms with Gasteiger partial charge in [0.1, 0.15) is 0 Å². The first-order valence-electron chi connectivity index (χ1n) is 11.6. The van der Waals surface area contributed by atoms with Crippen molar-refractivity contribution < 1.29 is 23.4 Å². The van der Waals surface area contributed by atoms with Crippen LogP contribution in [0.25, 0.3) is 17.0 Å². The number of fused-ring (bicyclic) bond motifs is 1. The van der Waals surface area contributed by atoms with Gasteiger partial charge in [-0.1, -0.05) is 48.5 Å². The van der Waals surface area contributed by atoms with Gasteiger partial charge in [-0.15, -0.1) is 0 Å². The standard InChI is InChI=1S/C29H26N2O5/c1-32-25-16-21(15-20(18-30)19-31-23-11-7-4-8-12-23)24-17-26(36-27(24)28(25)33-2)29(34-13-14-35-29)22-9-5-3-6-10-22/h3-12,15-17,31H,13-14,19H2,1-2H3. The third-order valence-electron chi connectivity index (χ3n) is 6.09. The molecule has 0 bridgehead atoms. The lowest BCUT2D eigenvalue weighted by atomic mass is 10.0. The summed E-state index contributed by atoms with van der Waals surface area (Å²) in [6.45, 7) is 1.23. The Kier molecular flexibility index (Phi) is 6.63. The summed E-state index contributed by atoms with van der Waals surface area (Å²) in [6.07, 6.45) is 1.82. The Bertz CT molecular complexity index is 1420. The topological polar surface area (TPSA) is 85.9 Å². The van der Waals surface area contributed by atoms with Gasteiger partial charge in [0.05, 0.1) is 40.0 Å². The third kappa shape index (κ3) is 4.29. The first kappa shape index (κ1) is 23.5. The molecule has 1 aliphatic heterocycles. The number of rotatable bonds is 8. The van der Waals surface area contributed by atoms with Crippen LogP contribution in [0.4, 0.5) is 5.69 Å². The first-order valence-corrected chi connectivity index (χ1v) is 11.6. The largest absolute Gasteiger partial charge is 0.493 e. The van der Waals surface area contributed by atoms with Crippen LogP contribution in [0.1, 0.15) is 16.9 Å². The molecule has 0 amide bonds. The van der Waals surface area contributed by atoms with E-state index in [1.165, 1.54) is 0 Å². The zero-order chi connectivity index (χ0) is 25.0. The van der Waals surface area contributed by atoms with Crippen LogP contribution in [0.15, 0.2) is 82.8 Å². The summed E-state index contributed by atoms with van der Waals surface area (Å²) in [5.41, 5.74) is 3.55. The van der Waals surface area contributed by atoms with Gasteiger partial charge in [0, 0.05) is 22.2 Å². The number of nitrogens with zero attached hydrogens (tertiary/aromatic N) is 1. The van der Waals surface area contributed by atoms with Crippen molar-refractivity contribution in [1.29, 1.82) is 5.26 Å².